The van der Waals surface area contributed by atoms with Crippen molar-refractivity contribution in [3.63, 3.8) is 0 Å². The van der Waals surface area contributed by atoms with Crippen molar-refractivity contribution in [2.45, 2.75) is 26.3 Å². The van der Waals surface area contributed by atoms with Crippen LogP contribution in [0.25, 0.3) is 0 Å². The van der Waals surface area contributed by atoms with Gasteiger partial charge in [-0.3, -0.25) is 0 Å². The lowest BCUT2D eigenvalue weighted by atomic mass is 10.3. The highest BCUT2D eigenvalue weighted by atomic mass is 35.5. The molecule has 1 N–H and O–H groups in total. The van der Waals surface area contributed by atoms with E-state index in [0.29, 0.717) is 17.5 Å². The van der Waals surface area contributed by atoms with Crippen molar-refractivity contribution in [2.75, 3.05) is 5.32 Å². The molecule has 0 saturated carbocycles. The minimum atomic E-state index is 0.448. The molecule has 0 amide bonds. The molecule has 0 saturated heterocycles. The minimum Gasteiger partial charge on any atom is -0.363 e. The molecule has 5 nitrogen and oxygen atoms in total. The van der Waals surface area contributed by atoms with Crippen LogP contribution in [0, 0.1) is 0 Å². The molecule has 6 heteroatoms. The first-order chi connectivity index (χ1) is 8.28. The van der Waals surface area contributed by atoms with Crippen LogP contribution in [-0.4, -0.2) is 15.1 Å². The van der Waals surface area contributed by atoms with Gasteiger partial charge in [-0.2, -0.15) is 0 Å². The monoisotopic (exact) mass is 252 g/mol. The van der Waals surface area contributed by atoms with Crippen molar-refractivity contribution in [2.24, 2.45) is 0 Å². The summed E-state index contributed by atoms with van der Waals surface area (Å²) in [6.45, 7) is 2.60. The second kappa shape index (κ2) is 5.63. The highest BCUT2D eigenvalue weighted by molar-refractivity contribution is 6.29. The van der Waals surface area contributed by atoms with Crippen molar-refractivity contribution in [1.82, 2.24) is 15.1 Å². The van der Waals surface area contributed by atoms with Gasteiger partial charge in [0.15, 0.2) is 5.76 Å². The van der Waals surface area contributed by atoms with E-state index in [2.05, 4.69) is 27.4 Å². The van der Waals surface area contributed by atoms with Crippen molar-refractivity contribution in [3.05, 3.63) is 35.1 Å². The molecular weight excluding hydrogens is 240 g/mol. The molecule has 2 heterocycles. The molecule has 0 bridgehead atoms. The number of aromatic nitrogens is 3. The number of hydrogen-bond donors (Lipinski definition) is 1. The molecule has 0 fully saturated rings. The summed E-state index contributed by atoms with van der Waals surface area (Å²) in [4.78, 5) is 8.50. The van der Waals surface area contributed by atoms with Gasteiger partial charge in [-0.05, 0) is 6.42 Å². The predicted molar refractivity (Wildman–Crippen MR) is 64.9 cm³/mol. The summed E-state index contributed by atoms with van der Waals surface area (Å²) in [7, 11) is 0. The Hall–Kier alpha value is -1.62. The van der Waals surface area contributed by atoms with Crippen molar-refractivity contribution < 1.29 is 4.52 Å². The van der Waals surface area contributed by atoms with E-state index in [4.69, 9.17) is 16.1 Å². The Morgan fingerprint density at radius 3 is 3.00 bits per heavy atom. The number of halogens is 1. The van der Waals surface area contributed by atoms with Gasteiger partial charge in [0.1, 0.15) is 16.8 Å². The molecule has 2 aromatic rings. The zero-order valence-electron chi connectivity index (χ0n) is 9.48. The van der Waals surface area contributed by atoms with Crippen molar-refractivity contribution in [3.8, 4) is 0 Å². The highest BCUT2D eigenvalue weighted by Crippen LogP contribution is 2.13. The third-order valence-electron chi connectivity index (χ3n) is 2.15. The second-order valence-electron chi connectivity index (χ2n) is 3.57. The summed E-state index contributed by atoms with van der Waals surface area (Å²) in [6, 6.07) is 3.49. The molecule has 0 spiro atoms. The van der Waals surface area contributed by atoms with E-state index >= 15 is 0 Å². The van der Waals surface area contributed by atoms with E-state index in [0.717, 1.165) is 24.4 Å². The maximum absolute atomic E-state index is 5.92. The van der Waals surface area contributed by atoms with Gasteiger partial charge in [0.05, 0.1) is 12.7 Å². The molecule has 0 radical (unpaired) electrons. The molecule has 17 heavy (non-hydrogen) atoms. The minimum absolute atomic E-state index is 0.448. The van der Waals surface area contributed by atoms with Crippen LogP contribution in [0.2, 0.25) is 5.15 Å². The van der Waals surface area contributed by atoms with Crippen LogP contribution >= 0.6 is 11.6 Å². The maximum atomic E-state index is 5.92. The zero-order valence-corrected chi connectivity index (χ0v) is 10.2. The fourth-order valence-corrected chi connectivity index (χ4v) is 1.60. The summed E-state index contributed by atoms with van der Waals surface area (Å²) in [5.41, 5.74) is 0. The average molecular weight is 253 g/mol. The standard InChI is InChI=1S/C11H13ClN4O/c1-2-3-10-15-9(12)6-11(16-10)13-7-8-4-5-14-17-8/h4-6H,2-3,7H2,1H3,(H,13,15,16). The van der Waals surface area contributed by atoms with E-state index in [1.54, 1.807) is 18.3 Å². The first-order valence-electron chi connectivity index (χ1n) is 5.45. The molecule has 2 aromatic heterocycles. The van der Waals surface area contributed by atoms with Gasteiger partial charge in [0.2, 0.25) is 0 Å². The molecule has 0 unspecified atom stereocenters. The van der Waals surface area contributed by atoms with Crippen LogP contribution in [0.3, 0.4) is 0 Å². The first-order valence-corrected chi connectivity index (χ1v) is 5.82. The summed E-state index contributed by atoms with van der Waals surface area (Å²) in [6.07, 6.45) is 3.41. The Balaban J connectivity index is 2.04. The van der Waals surface area contributed by atoms with E-state index in [1.807, 2.05) is 0 Å². The number of hydrogen-bond acceptors (Lipinski definition) is 5. The van der Waals surface area contributed by atoms with E-state index in [9.17, 15) is 0 Å². The normalized spacial score (nSPS) is 10.5. The Morgan fingerprint density at radius 2 is 2.29 bits per heavy atom. The molecule has 0 aromatic carbocycles. The van der Waals surface area contributed by atoms with Crippen molar-refractivity contribution >= 4 is 17.4 Å². The van der Waals surface area contributed by atoms with Crippen LogP contribution < -0.4 is 5.32 Å². The van der Waals surface area contributed by atoms with Gasteiger partial charge in [-0.25, -0.2) is 9.97 Å². The van der Waals surface area contributed by atoms with Gasteiger partial charge in [-0.1, -0.05) is 23.7 Å². The number of anilines is 1. The number of nitrogens with one attached hydrogen (secondary N) is 1. The lowest BCUT2D eigenvalue weighted by molar-refractivity contribution is 0.388. The lowest BCUT2D eigenvalue weighted by Crippen LogP contribution is -2.04. The highest BCUT2D eigenvalue weighted by Gasteiger charge is 2.03. The molecule has 2 rings (SSSR count). The molecule has 0 atom stereocenters. The second-order valence-corrected chi connectivity index (χ2v) is 3.96. The Morgan fingerprint density at radius 1 is 1.41 bits per heavy atom. The summed E-state index contributed by atoms with van der Waals surface area (Å²) >= 11 is 5.92. The summed E-state index contributed by atoms with van der Waals surface area (Å²) in [5, 5.41) is 7.19. The van der Waals surface area contributed by atoms with Crippen LogP contribution in [0.1, 0.15) is 24.9 Å². The maximum Gasteiger partial charge on any atom is 0.155 e. The van der Waals surface area contributed by atoms with Crippen LogP contribution in [0.5, 0.6) is 0 Å². The van der Waals surface area contributed by atoms with Gasteiger partial charge in [-0.15, -0.1) is 0 Å². The molecular formula is C11H13ClN4O. The molecule has 0 aliphatic rings. The third kappa shape index (κ3) is 3.42. The molecule has 0 aliphatic heterocycles. The molecule has 0 aliphatic carbocycles. The average Bonchev–Trinajstić information content (AvgIpc) is 2.79. The Labute approximate surface area is 104 Å². The summed E-state index contributed by atoms with van der Waals surface area (Å²) in [5.74, 6) is 2.20. The van der Waals surface area contributed by atoms with E-state index < -0.39 is 0 Å². The van der Waals surface area contributed by atoms with Gasteiger partial charge in [0, 0.05) is 18.6 Å². The van der Waals surface area contributed by atoms with E-state index in [-0.39, 0.29) is 0 Å². The van der Waals surface area contributed by atoms with E-state index in [1.165, 1.54) is 0 Å². The fraction of sp³-hybridized carbons (Fsp3) is 0.364. The lowest BCUT2D eigenvalue weighted by Gasteiger charge is -2.05. The predicted octanol–water partition coefficient (Wildman–Crippen LogP) is 2.68. The largest absolute Gasteiger partial charge is 0.363 e. The van der Waals surface area contributed by atoms with Crippen LogP contribution in [0.15, 0.2) is 22.9 Å². The third-order valence-corrected chi connectivity index (χ3v) is 2.34. The number of nitrogens with zero attached hydrogens (tertiary/aromatic N) is 3. The number of rotatable bonds is 5. The zero-order chi connectivity index (χ0) is 12.1. The molecule has 90 valence electrons. The SMILES string of the molecule is CCCc1nc(Cl)cc(NCc2ccno2)n1. The number of aryl methyl sites for hydroxylation is 1. The smallest absolute Gasteiger partial charge is 0.155 e. The van der Waals surface area contributed by atoms with Gasteiger partial charge in [0.25, 0.3) is 0 Å². The quantitative estimate of drug-likeness (QED) is 0.829. The van der Waals surface area contributed by atoms with Gasteiger partial charge >= 0.3 is 0 Å². The summed E-state index contributed by atoms with van der Waals surface area (Å²) < 4.78 is 4.97. The first kappa shape index (κ1) is 11.9. The Kier molecular flexibility index (Phi) is 3.93. The topological polar surface area (TPSA) is 63.8 Å². The van der Waals surface area contributed by atoms with Gasteiger partial charge < -0.3 is 9.84 Å². The fourth-order valence-electron chi connectivity index (χ4n) is 1.40. The van der Waals surface area contributed by atoms with Crippen molar-refractivity contribution in [1.29, 1.82) is 0 Å². The Bertz CT molecular complexity index is 472. The van der Waals surface area contributed by atoms with Crippen LogP contribution in [-0.2, 0) is 13.0 Å². The van der Waals surface area contributed by atoms with Crippen LogP contribution in [0.4, 0.5) is 5.82 Å².